The van der Waals surface area contributed by atoms with E-state index in [1.54, 1.807) is 0 Å². The van der Waals surface area contributed by atoms with E-state index < -0.39 is 0 Å². The molecule has 1 aromatic heterocycles. The lowest BCUT2D eigenvalue weighted by Crippen LogP contribution is -2.48. The van der Waals surface area contributed by atoms with E-state index in [-0.39, 0.29) is 30.3 Å². The molecule has 0 spiro atoms. The molecule has 0 saturated heterocycles. The van der Waals surface area contributed by atoms with Gasteiger partial charge in [-0.25, -0.2) is 0 Å². The van der Waals surface area contributed by atoms with Crippen molar-refractivity contribution in [3.8, 4) is 6.07 Å². The molecule has 2 atom stereocenters. The summed E-state index contributed by atoms with van der Waals surface area (Å²) in [5, 5.41) is 15.2. The highest BCUT2D eigenvalue weighted by Gasteiger charge is 2.32. The van der Waals surface area contributed by atoms with Crippen molar-refractivity contribution >= 4 is 38.6 Å². The van der Waals surface area contributed by atoms with E-state index in [9.17, 15) is 9.59 Å². The Morgan fingerprint density at radius 2 is 2.08 bits per heavy atom. The Hall–Kier alpha value is -2.33. The molecule has 2 amide bonds. The summed E-state index contributed by atoms with van der Waals surface area (Å²) >= 11 is 3.41. The first-order chi connectivity index (χ1) is 12.1. The smallest absolute Gasteiger partial charge is 0.267 e. The number of amides is 2. The molecule has 1 fully saturated rings. The van der Waals surface area contributed by atoms with Gasteiger partial charge < -0.3 is 15.6 Å². The normalized spacial score (nSPS) is 20.0. The number of benzene rings is 1. The summed E-state index contributed by atoms with van der Waals surface area (Å²) in [6.45, 7) is -0.00705. The molecule has 3 N–H and O–H groups in total. The average molecular weight is 403 g/mol. The molecular formula is C18H19BrN4O2. The topological polar surface area (TPSA) is 97.8 Å². The number of nitrogens with zero attached hydrogens (tertiary/aromatic N) is 1. The van der Waals surface area contributed by atoms with Crippen LogP contribution in [0, 0.1) is 17.2 Å². The van der Waals surface area contributed by atoms with Gasteiger partial charge in [-0.15, -0.1) is 0 Å². The lowest BCUT2D eigenvalue weighted by Gasteiger charge is -2.30. The summed E-state index contributed by atoms with van der Waals surface area (Å²) in [5.41, 5.74) is 1.36. The third-order valence-corrected chi connectivity index (χ3v) is 5.08. The number of rotatable bonds is 4. The Morgan fingerprint density at radius 3 is 2.88 bits per heavy atom. The maximum atomic E-state index is 12.6. The molecule has 2 aromatic rings. The minimum Gasteiger partial charge on any atom is -0.350 e. The summed E-state index contributed by atoms with van der Waals surface area (Å²) in [5.74, 6) is -0.658. The number of hydrogen-bond donors (Lipinski definition) is 3. The third-order valence-electron chi connectivity index (χ3n) is 4.59. The Morgan fingerprint density at radius 1 is 1.28 bits per heavy atom. The van der Waals surface area contributed by atoms with Crippen molar-refractivity contribution < 1.29 is 9.59 Å². The molecule has 1 saturated carbocycles. The van der Waals surface area contributed by atoms with Crippen LogP contribution in [0.2, 0.25) is 0 Å². The van der Waals surface area contributed by atoms with Crippen molar-refractivity contribution in [1.29, 1.82) is 5.26 Å². The third kappa shape index (κ3) is 4.02. The van der Waals surface area contributed by atoms with Crippen LogP contribution in [-0.4, -0.2) is 29.4 Å². The predicted molar refractivity (Wildman–Crippen MR) is 97.8 cm³/mol. The molecule has 25 heavy (non-hydrogen) atoms. The van der Waals surface area contributed by atoms with Gasteiger partial charge >= 0.3 is 0 Å². The Balaban J connectivity index is 1.72. The van der Waals surface area contributed by atoms with Crippen LogP contribution in [0.5, 0.6) is 0 Å². The number of halogens is 1. The van der Waals surface area contributed by atoms with Crippen LogP contribution in [0.15, 0.2) is 28.7 Å². The molecule has 0 bridgehead atoms. The number of aromatic amines is 1. The highest BCUT2D eigenvalue weighted by molar-refractivity contribution is 9.10. The second kappa shape index (κ2) is 7.70. The molecule has 130 valence electrons. The van der Waals surface area contributed by atoms with Gasteiger partial charge in [0.25, 0.3) is 5.91 Å². The van der Waals surface area contributed by atoms with E-state index in [0.29, 0.717) is 5.69 Å². The second-order valence-corrected chi connectivity index (χ2v) is 7.18. The number of carbonyl (C=O) groups is 2. The van der Waals surface area contributed by atoms with Gasteiger partial charge in [0.05, 0.1) is 12.0 Å². The monoisotopic (exact) mass is 402 g/mol. The summed E-state index contributed by atoms with van der Waals surface area (Å²) in [4.78, 5) is 28.0. The lowest BCUT2D eigenvalue weighted by molar-refractivity contribution is -0.126. The maximum absolute atomic E-state index is 12.6. The molecule has 7 heteroatoms. The van der Waals surface area contributed by atoms with Crippen LogP contribution >= 0.6 is 15.9 Å². The SMILES string of the molecule is N#CCNC(=O)[C@@H]1CCCC[C@@H]1NC(=O)c1cc2ccc(Br)cc2[nH]1. The molecule has 1 heterocycles. The second-order valence-electron chi connectivity index (χ2n) is 6.26. The highest BCUT2D eigenvalue weighted by atomic mass is 79.9. The van der Waals surface area contributed by atoms with E-state index in [0.717, 1.165) is 41.1 Å². The standard InChI is InChI=1S/C18H19BrN4O2/c19-12-6-5-11-9-16(22-15(11)10-12)18(25)23-14-4-2-1-3-13(14)17(24)21-8-7-20/h5-6,9-10,13-14,22H,1-4,8H2,(H,21,24)(H,23,25)/t13-,14+/m1/s1. The van der Waals surface area contributed by atoms with Crippen LogP contribution in [0.3, 0.4) is 0 Å². The molecule has 0 unspecified atom stereocenters. The van der Waals surface area contributed by atoms with Gasteiger partial charge in [-0.3, -0.25) is 9.59 Å². The van der Waals surface area contributed by atoms with Crippen molar-refractivity contribution in [2.45, 2.75) is 31.7 Å². The quantitative estimate of drug-likeness (QED) is 0.685. The minimum absolute atomic E-state index is 0.00705. The number of aromatic nitrogens is 1. The van der Waals surface area contributed by atoms with Crippen LogP contribution < -0.4 is 10.6 Å². The summed E-state index contributed by atoms with van der Waals surface area (Å²) in [6, 6.07) is 9.29. The van der Waals surface area contributed by atoms with Crippen LogP contribution in [-0.2, 0) is 4.79 Å². The number of hydrogen-bond acceptors (Lipinski definition) is 3. The fourth-order valence-electron chi connectivity index (χ4n) is 3.34. The van der Waals surface area contributed by atoms with Crippen LogP contribution in [0.1, 0.15) is 36.2 Å². The number of H-pyrrole nitrogens is 1. The number of nitriles is 1. The Labute approximate surface area is 154 Å². The van der Waals surface area contributed by atoms with Crippen molar-refractivity contribution in [3.05, 3.63) is 34.4 Å². The van der Waals surface area contributed by atoms with Gasteiger partial charge in [0, 0.05) is 21.4 Å². The van der Waals surface area contributed by atoms with Gasteiger partial charge in [-0.05, 0) is 31.0 Å². The number of carbonyl (C=O) groups excluding carboxylic acids is 2. The van der Waals surface area contributed by atoms with Crippen LogP contribution in [0.4, 0.5) is 0 Å². The zero-order chi connectivity index (χ0) is 17.8. The maximum Gasteiger partial charge on any atom is 0.267 e. The minimum atomic E-state index is -0.287. The average Bonchev–Trinajstić information content (AvgIpc) is 3.03. The van der Waals surface area contributed by atoms with E-state index in [4.69, 9.17) is 5.26 Å². The first kappa shape index (κ1) is 17.5. The van der Waals surface area contributed by atoms with E-state index in [1.807, 2.05) is 30.3 Å². The number of fused-ring (bicyclic) bond motifs is 1. The summed E-state index contributed by atoms with van der Waals surface area (Å²) < 4.78 is 0.940. The van der Waals surface area contributed by atoms with Gasteiger partial charge in [-0.1, -0.05) is 34.8 Å². The summed E-state index contributed by atoms with van der Waals surface area (Å²) in [6.07, 6.45) is 3.42. The fraction of sp³-hybridized carbons (Fsp3) is 0.389. The van der Waals surface area contributed by atoms with Crippen molar-refractivity contribution in [2.24, 2.45) is 5.92 Å². The Kier molecular flexibility index (Phi) is 5.39. The Bertz CT molecular complexity index is 839. The summed E-state index contributed by atoms with van der Waals surface area (Å²) in [7, 11) is 0. The van der Waals surface area contributed by atoms with Gasteiger partial charge in [-0.2, -0.15) is 5.26 Å². The number of nitrogens with one attached hydrogen (secondary N) is 3. The van der Waals surface area contributed by atoms with Gasteiger partial charge in [0.2, 0.25) is 5.91 Å². The van der Waals surface area contributed by atoms with Gasteiger partial charge in [0.15, 0.2) is 0 Å². The molecule has 1 aliphatic carbocycles. The van der Waals surface area contributed by atoms with E-state index in [2.05, 4.69) is 31.5 Å². The van der Waals surface area contributed by atoms with E-state index >= 15 is 0 Å². The molecular weight excluding hydrogens is 384 g/mol. The highest BCUT2D eigenvalue weighted by Crippen LogP contribution is 2.25. The molecule has 0 radical (unpaired) electrons. The molecule has 1 aliphatic rings. The molecule has 1 aromatic carbocycles. The van der Waals surface area contributed by atoms with Gasteiger partial charge in [0.1, 0.15) is 12.2 Å². The fourth-order valence-corrected chi connectivity index (χ4v) is 3.70. The lowest BCUT2D eigenvalue weighted by atomic mass is 9.83. The van der Waals surface area contributed by atoms with Crippen LogP contribution in [0.25, 0.3) is 10.9 Å². The zero-order valence-corrected chi connectivity index (χ0v) is 15.2. The van der Waals surface area contributed by atoms with E-state index in [1.165, 1.54) is 0 Å². The largest absolute Gasteiger partial charge is 0.350 e. The van der Waals surface area contributed by atoms with Crippen molar-refractivity contribution in [1.82, 2.24) is 15.6 Å². The molecule has 3 rings (SSSR count). The molecule has 0 aliphatic heterocycles. The molecule has 6 nitrogen and oxygen atoms in total. The predicted octanol–water partition coefficient (Wildman–Crippen LogP) is 2.86. The first-order valence-electron chi connectivity index (χ1n) is 8.32. The van der Waals surface area contributed by atoms with Crippen molar-refractivity contribution in [3.63, 3.8) is 0 Å². The first-order valence-corrected chi connectivity index (χ1v) is 9.11. The van der Waals surface area contributed by atoms with Crippen molar-refractivity contribution in [2.75, 3.05) is 6.54 Å². The zero-order valence-electron chi connectivity index (χ0n) is 13.6.